The SMILES string of the molecule is Cc1ccc(Sc2cc(C#N)ccc2N)cc1C. The van der Waals surface area contributed by atoms with Crippen molar-refractivity contribution in [3.8, 4) is 6.07 Å². The van der Waals surface area contributed by atoms with Crippen molar-refractivity contribution in [2.45, 2.75) is 23.6 Å². The van der Waals surface area contributed by atoms with Gasteiger partial charge in [-0.05, 0) is 55.3 Å². The van der Waals surface area contributed by atoms with Crippen LogP contribution in [0.4, 0.5) is 5.69 Å². The van der Waals surface area contributed by atoms with Gasteiger partial charge in [0.2, 0.25) is 0 Å². The molecule has 2 aromatic carbocycles. The fourth-order valence-corrected chi connectivity index (χ4v) is 2.59. The van der Waals surface area contributed by atoms with Gasteiger partial charge in [0.1, 0.15) is 0 Å². The summed E-state index contributed by atoms with van der Waals surface area (Å²) < 4.78 is 0. The van der Waals surface area contributed by atoms with Crippen LogP contribution in [0, 0.1) is 25.2 Å². The first-order chi connectivity index (χ1) is 8.60. The van der Waals surface area contributed by atoms with Gasteiger partial charge in [0.25, 0.3) is 0 Å². The van der Waals surface area contributed by atoms with Crippen LogP contribution in [0.25, 0.3) is 0 Å². The van der Waals surface area contributed by atoms with E-state index in [0.29, 0.717) is 11.3 Å². The van der Waals surface area contributed by atoms with E-state index in [9.17, 15) is 0 Å². The van der Waals surface area contributed by atoms with E-state index in [1.54, 1.807) is 23.9 Å². The molecule has 18 heavy (non-hydrogen) atoms. The Morgan fingerprint density at radius 1 is 1.06 bits per heavy atom. The Kier molecular flexibility index (Phi) is 3.59. The Balaban J connectivity index is 2.33. The molecule has 0 saturated heterocycles. The van der Waals surface area contributed by atoms with Crippen LogP contribution in [0.15, 0.2) is 46.2 Å². The molecule has 0 aromatic heterocycles. The van der Waals surface area contributed by atoms with Crippen molar-refractivity contribution in [2.75, 3.05) is 5.73 Å². The van der Waals surface area contributed by atoms with Gasteiger partial charge in [-0.1, -0.05) is 17.8 Å². The number of nitrogens with zero attached hydrogens (tertiary/aromatic N) is 1. The lowest BCUT2D eigenvalue weighted by Gasteiger charge is -2.07. The Hall–Kier alpha value is -1.92. The summed E-state index contributed by atoms with van der Waals surface area (Å²) in [5, 5.41) is 8.90. The van der Waals surface area contributed by atoms with E-state index in [1.165, 1.54) is 11.1 Å². The third-order valence-electron chi connectivity index (χ3n) is 2.85. The first-order valence-corrected chi connectivity index (χ1v) is 6.46. The topological polar surface area (TPSA) is 49.8 Å². The van der Waals surface area contributed by atoms with Crippen molar-refractivity contribution >= 4 is 17.4 Å². The number of benzene rings is 2. The molecule has 0 heterocycles. The fourth-order valence-electron chi connectivity index (χ4n) is 1.60. The van der Waals surface area contributed by atoms with Crippen molar-refractivity contribution in [2.24, 2.45) is 0 Å². The Morgan fingerprint density at radius 2 is 1.83 bits per heavy atom. The Morgan fingerprint density at radius 3 is 2.50 bits per heavy atom. The zero-order valence-corrected chi connectivity index (χ0v) is 11.2. The molecule has 0 fully saturated rings. The first kappa shape index (κ1) is 12.5. The van der Waals surface area contributed by atoms with Crippen LogP contribution >= 0.6 is 11.8 Å². The summed E-state index contributed by atoms with van der Waals surface area (Å²) in [7, 11) is 0. The van der Waals surface area contributed by atoms with E-state index in [4.69, 9.17) is 11.0 Å². The van der Waals surface area contributed by atoms with Gasteiger partial charge in [-0.15, -0.1) is 0 Å². The summed E-state index contributed by atoms with van der Waals surface area (Å²) in [6.07, 6.45) is 0. The average Bonchev–Trinajstić information content (AvgIpc) is 2.36. The lowest BCUT2D eigenvalue weighted by Crippen LogP contribution is -1.89. The van der Waals surface area contributed by atoms with Crippen LogP contribution < -0.4 is 5.73 Å². The minimum Gasteiger partial charge on any atom is -0.398 e. The molecule has 0 unspecified atom stereocenters. The predicted octanol–water partition coefficient (Wildman–Crippen LogP) is 3.91. The normalized spacial score (nSPS) is 10.1. The van der Waals surface area contributed by atoms with Crippen LogP contribution in [0.3, 0.4) is 0 Å². The fraction of sp³-hybridized carbons (Fsp3) is 0.133. The van der Waals surface area contributed by atoms with E-state index in [2.05, 4.69) is 38.1 Å². The lowest BCUT2D eigenvalue weighted by atomic mass is 10.1. The van der Waals surface area contributed by atoms with Gasteiger partial charge in [0, 0.05) is 15.5 Å². The highest BCUT2D eigenvalue weighted by Gasteiger charge is 2.04. The second kappa shape index (κ2) is 5.16. The molecule has 2 rings (SSSR count). The second-order valence-corrected chi connectivity index (χ2v) is 5.33. The molecule has 0 aliphatic heterocycles. The molecule has 0 aliphatic carbocycles. The van der Waals surface area contributed by atoms with Gasteiger partial charge in [-0.3, -0.25) is 0 Å². The van der Waals surface area contributed by atoms with Crippen LogP contribution in [-0.2, 0) is 0 Å². The molecule has 3 heteroatoms. The first-order valence-electron chi connectivity index (χ1n) is 5.65. The average molecular weight is 254 g/mol. The van der Waals surface area contributed by atoms with Gasteiger partial charge in [0.05, 0.1) is 11.6 Å². The molecule has 0 radical (unpaired) electrons. The Labute approximate surface area is 111 Å². The maximum Gasteiger partial charge on any atom is 0.0992 e. The molecule has 2 N–H and O–H groups in total. The summed E-state index contributed by atoms with van der Waals surface area (Å²) in [6.45, 7) is 4.18. The van der Waals surface area contributed by atoms with E-state index in [1.807, 2.05) is 6.07 Å². The van der Waals surface area contributed by atoms with Crippen LogP contribution in [0.5, 0.6) is 0 Å². The van der Waals surface area contributed by atoms with E-state index in [-0.39, 0.29) is 0 Å². The third kappa shape index (κ3) is 2.66. The molecule has 2 nitrogen and oxygen atoms in total. The standard InChI is InChI=1S/C15H14N2S/c1-10-3-5-13(7-11(10)2)18-15-8-12(9-16)4-6-14(15)17/h3-8H,17H2,1-2H3. The maximum atomic E-state index is 8.90. The highest BCUT2D eigenvalue weighted by Crippen LogP contribution is 2.33. The quantitative estimate of drug-likeness (QED) is 0.827. The summed E-state index contributed by atoms with van der Waals surface area (Å²) in [6, 6.07) is 13.8. The number of nitrogen functional groups attached to an aromatic ring is 1. The maximum absolute atomic E-state index is 8.90. The summed E-state index contributed by atoms with van der Waals surface area (Å²) in [4.78, 5) is 2.07. The van der Waals surface area contributed by atoms with Gasteiger partial charge >= 0.3 is 0 Å². The molecular weight excluding hydrogens is 240 g/mol. The number of nitrogens with two attached hydrogens (primary N) is 1. The number of aryl methyl sites for hydroxylation is 2. The van der Waals surface area contributed by atoms with Gasteiger partial charge in [-0.2, -0.15) is 5.26 Å². The van der Waals surface area contributed by atoms with E-state index >= 15 is 0 Å². The third-order valence-corrected chi connectivity index (χ3v) is 3.91. The second-order valence-electron chi connectivity index (χ2n) is 4.21. The highest BCUT2D eigenvalue weighted by molar-refractivity contribution is 7.99. The molecule has 0 aliphatic rings. The molecule has 90 valence electrons. The predicted molar refractivity (Wildman–Crippen MR) is 75.6 cm³/mol. The van der Waals surface area contributed by atoms with Crippen molar-refractivity contribution in [3.05, 3.63) is 53.1 Å². The zero-order chi connectivity index (χ0) is 13.1. The minimum absolute atomic E-state index is 0.635. The van der Waals surface area contributed by atoms with Crippen LogP contribution in [0.1, 0.15) is 16.7 Å². The Bertz CT molecular complexity index is 627. The van der Waals surface area contributed by atoms with Crippen molar-refractivity contribution in [1.29, 1.82) is 5.26 Å². The largest absolute Gasteiger partial charge is 0.398 e. The van der Waals surface area contributed by atoms with Gasteiger partial charge in [0.15, 0.2) is 0 Å². The summed E-state index contributed by atoms with van der Waals surface area (Å²) in [5.41, 5.74) is 9.81. The van der Waals surface area contributed by atoms with Crippen LogP contribution in [-0.4, -0.2) is 0 Å². The number of nitriles is 1. The van der Waals surface area contributed by atoms with Crippen LogP contribution in [0.2, 0.25) is 0 Å². The molecule has 0 saturated carbocycles. The lowest BCUT2D eigenvalue weighted by molar-refractivity contribution is 1.27. The zero-order valence-electron chi connectivity index (χ0n) is 10.4. The van der Waals surface area contributed by atoms with Crippen molar-refractivity contribution in [3.63, 3.8) is 0 Å². The van der Waals surface area contributed by atoms with Gasteiger partial charge < -0.3 is 5.73 Å². The van der Waals surface area contributed by atoms with E-state index in [0.717, 1.165) is 9.79 Å². The smallest absolute Gasteiger partial charge is 0.0992 e. The van der Waals surface area contributed by atoms with E-state index < -0.39 is 0 Å². The molecular formula is C15H14N2S. The molecule has 0 bridgehead atoms. The number of rotatable bonds is 2. The summed E-state index contributed by atoms with van der Waals surface area (Å²) >= 11 is 1.59. The van der Waals surface area contributed by atoms with Crippen molar-refractivity contribution < 1.29 is 0 Å². The monoisotopic (exact) mass is 254 g/mol. The van der Waals surface area contributed by atoms with Gasteiger partial charge in [-0.25, -0.2) is 0 Å². The molecule has 0 spiro atoms. The molecule has 0 atom stereocenters. The highest BCUT2D eigenvalue weighted by atomic mass is 32.2. The summed E-state index contributed by atoms with van der Waals surface area (Å²) in [5.74, 6) is 0. The van der Waals surface area contributed by atoms with Crippen molar-refractivity contribution in [1.82, 2.24) is 0 Å². The number of hydrogen-bond acceptors (Lipinski definition) is 3. The minimum atomic E-state index is 0.635. The number of anilines is 1. The molecule has 2 aromatic rings. The molecule has 0 amide bonds. The number of hydrogen-bond donors (Lipinski definition) is 1.